The summed E-state index contributed by atoms with van der Waals surface area (Å²) < 4.78 is 4.51. The van der Waals surface area contributed by atoms with Crippen LogP contribution in [0.4, 0.5) is 0 Å². The highest BCUT2D eigenvalue weighted by Crippen LogP contribution is 1.83. The van der Waals surface area contributed by atoms with E-state index in [0.29, 0.717) is 0 Å². The van der Waals surface area contributed by atoms with E-state index in [9.17, 15) is 4.79 Å². The van der Waals surface area contributed by atoms with Crippen LogP contribution in [0.2, 0.25) is 0 Å². The number of aliphatic hydroxyl groups is 1. The molecule has 0 saturated carbocycles. The quantitative estimate of drug-likeness (QED) is 0.391. The first kappa shape index (κ1) is 8.89. The smallest absolute Gasteiger partial charge is 0.364 e. The van der Waals surface area contributed by atoms with Crippen molar-refractivity contribution in [2.75, 3.05) is 6.54 Å². The van der Waals surface area contributed by atoms with Gasteiger partial charge in [-0.2, -0.15) is 0 Å². The van der Waals surface area contributed by atoms with Gasteiger partial charge in [0.2, 0.25) is 0 Å². The highest BCUT2D eigenvalue weighted by atomic mass is 16.6. The number of hydrogen-bond donors (Lipinski definition) is 2. The molecule has 66 valence electrons. The van der Waals surface area contributed by atoms with Crippen molar-refractivity contribution >= 4 is 12.3 Å². The summed E-state index contributed by atoms with van der Waals surface area (Å²) in [6.45, 7) is 1.55. The predicted molar refractivity (Wildman–Crippen MR) is 41.2 cm³/mol. The molecule has 0 bridgehead atoms. The molecular weight excluding hydrogens is 160 g/mol. The van der Waals surface area contributed by atoms with Crippen molar-refractivity contribution in [2.24, 2.45) is 4.99 Å². The van der Waals surface area contributed by atoms with Gasteiger partial charge in [-0.15, -0.1) is 0 Å². The second-order valence-electron chi connectivity index (χ2n) is 2.43. The first-order valence-corrected chi connectivity index (χ1v) is 3.61. The third-order valence-electron chi connectivity index (χ3n) is 1.27. The monoisotopic (exact) mass is 171 g/mol. The van der Waals surface area contributed by atoms with Gasteiger partial charge in [-0.05, 0) is 6.92 Å². The molecule has 5 heteroatoms. The van der Waals surface area contributed by atoms with Crippen LogP contribution in [-0.2, 0) is 9.53 Å². The third kappa shape index (κ3) is 2.81. The molecule has 0 aromatic rings. The van der Waals surface area contributed by atoms with E-state index in [1.165, 1.54) is 6.92 Å². The Morgan fingerprint density at radius 1 is 1.83 bits per heavy atom. The van der Waals surface area contributed by atoms with Gasteiger partial charge in [-0.1, -0.05) is 0 Å². The molecule has 1 aliphatic rings. The maximum atomic E-state index is 10.9. The van der Waals surface area contributed by atoms with Crippen LogP contribution in [0.15, 0.2) is 17.4 Å². The topological polar surface area (TPSA) is 63.3 Å². The molecule has 0 radical (unpaired) electrons. The standard InChI is InChI=1S/C7H10N2O3/c1-6(10)12-7(11)4-9-3-2-8-5-9/h2-3,5-6,10H,4H2,1H3/p+1. The number of quaternary nitrogens is 1. The minimum absolute atomic E-state index is 0.158. The number of carbonyl (C=O) groups is 1. The molecule has 5 nitrogen and oxygen atoms in total. The Labute approximate surface area is 70.0 Å². The van der Waals surface area contributed by atoms with Crippen LogP contribution in [0.1, 0.15) is 6.92 Å². The summed E-state index contributed by atoms with van der Waals surface area (Å²) >= 11 is 0. The number of nitrogens with zero attached hydrogens (tertiary/aromatic N) is 1. The number of aliphatic hydroxyl groups excluding tert-OH is 1. The molecule has 2 atom stereocenters. The molecular formula is C7H11N2O3+. The Balaban J connectivity index is 2.26. The summed E-state index contributed by atoms with van der Waals surface area (Å²) in [7, 11) is 0. The SMILES string of the molecule is CC(O)OC(=O)C[NH+]1C=CN=C1. The lowest BCUT2D eigenvalue weighted by Crippen LogP contribution is -3.06. The predicted octanol–water partition coefficient (Wildman–Crippen LogP) is -1.73. The van der Waals surface area contributed by atoms with Crippen LogP contribution < -0.4 is 4.90 Å². The van der Waals surface area contributed by atoms with E-state index in [1.54, 1.807) is 18.7 Å². The second kappa shape index (κ2) is 3.99. The van der Waals surface area contributed by atoms with Gasteiger partial charge in [0.1, 0.15) is 6.20 Å². The summed E-state index contributed by atoms with van der Waals surface area (Å²) in [4.78, 5) is 15.5. The zero-order valence-electron chi connectivity index (χ0n) is 6.73. The molecule has 0 fully saturated rings. The van der Waals surface area contributed by atoms with Crippen LogP contribution in [-0.4, -0.2) is 30.2 Å². The Morgan fingerprint density at radius 3 is 3.08 bits per heavy atom. The third-order valence-corrected chi connectivity index (χ3v) is 1.27. The Hall–Kier alpha value is -1.20. The Bertz CT molecular complexity index is 211. The summed E-state index contributed by atoms with van der Waals surface area (Å²) in [5.41, 5.74) is 0. The van der Waals surface area contributed by atoms with E-state index >= 15 is 0 Å². The highest BCUT2D eigenvalue weighted by molar-refractivity contribution is 5.71. The van der Waals surface area contributed by atoms with Crippen LogP contribution in [0.3, 0.4) is 0 Å². The molecule has 0 aliphatic carbocycles. The Kier molecular flexibility index (Phi) is 2.95. The van der Waals surface area contributed by atoms with Gasteiger partial charge >= 0.3 is 5.97 Å². The largest absolute Gasteiger partial charge is 0.432 e. The van der Waals surface area contributed by atoms with Crippen molar-refractivity contribution in [3.8, 4) is 0 Å². The van der Waals surface area contributed by atoms with E-state index in [0.717, 1.165) is 4.90 Å². The fraction of sp³-hybridized carbons (Fsp3) is 0.429. The number of carbonyl (C=O) groups excluding carboxylic acids is 1. The van der Waals surface area contributed by atoms with Gasteiger partial charge in [0, 0.05) is 0 Å². The van der Waals surface area contributed by atoms with Crippen LogP contribution in [0.25, 0.3) is 0 Å². The molecule has 0 aromatic carbocycles. The maximum Gasteiger partial charge on any atom is 0.364 e. The molecule has 0 spiro atoms. The minimum atomic E-state index is -1.04. The zero-order chi connectivity index (χ0) is 8.97. The Morgan fingerprint density at radius 2 is 2.58 bits per heavy atom. The van der Waals surface area contributed by atoms with Crippen molar-refractivity contribution < 1.29 is 19.5 Å². The second-order valence-corrected chi connectivity index (χ2v) is 2.43. The van der Waals surface area contributed by atoms with E-state index in [1.807, 2.05) is 0 Å². The summed E-state index contributed by atoms with van der Waals surface area (Å²) in [6.07, 6.45) is 3.87. The summed E-state index contributed by atoms with van der Waals surface area (Å²) in [5, 5.41) is 8.69. The molecule has 12 heavy (non-hydrogen) atoms. The van der Waals surface area contributed by atoms with Gasteiger partial charge in [0.25, 0.3) is 0 Å². The first-order valence-electron chi connectivity index (χ1n) is 3.61. The molecule has 0 amide bonds. The number of ether oxygens (including phenoxy) is 1. The normalized spacial score (nSPS) is 22.7. The summed E-state index contributed by atoms with van der Waals surface area (Å²) in [6, 6.07) is 0. The van der Waals surface area contributed by atoms with Crippen LogP contribution >= 0.6 is 0 Å². The lowest BCUT2D eigenvalue weighted by Gasteiger charge is -2.07. The zero-order valence-corrected chi connectivity index (χ0v) is 6.73. The number of nitrogens with one attached hydrogen (secondary N) is 1. The van der Waals surface area contributed by atoms with Crippen LogP contribution in [0.5, 0.6) is 0 Å². The van der Waals surface area contributed by atoms with E-state index in [-0.39, 0.29) is 6.54 Å². The van der Waals surface area contributed by atoms with E-state index < -0.39 is 12.3 Å². The van der Waals surface area contributed by atoms with Gasteiger partial charge in [0.15, 0.2) is 19.2 Å². The molecule has 1 heterocycles. The van der Waals surface area contributed by atoms with Crippen molar-refractivity contribution in [1.29, 1.82) is 0 Å². The van der Waals surface area contributed by atoms with E-state index in [2.05, 4.69) is 9.73 Å². The molecule has 0 aromatic heterocycles. The van der Waals surface area contributed by atoms with Gasteiger partial charge < -0.3 is 9.84 Å². The number of esters is 1. The number of rotatable bonds is 3. The lowest BCUT2D eigenvalue weighted by atomic mass is 10.6. The fourth-order valence-corrected chi connectivity index (χ4v) is 0.824. The average molecular weight is 171 g/mol. The fourth-order valence-electron chi connectivity index (χ4n) is 0.824. The highest BCUT2D eigenvalue weighted by Gasteiger charge is 2.14. The van der Waals surface area contributed by atoms with Crippen LogP contribution in [0, 0.1) is 0 Å². The van der Waals surface area contributed by atoms with Crippen molar-refractivity contribution in [3.63, 3.8) is 0 Å². The first-order chi connectivity index (χ1) is 5.68. The van der Waals surface area contributed by atoms with Crippen molar-refractivity contribution in [1.82, 2.24) is 0 Å². The van der Waals surface area contributed by atoms with Crippen molar-refractivity contribution in [3.05, 3.63) is 12.4 Å². The average Bonchev–Trinajstić information content (AvgIpc) is 2.37. The molecule has 2 unspecified atom stereocenters. The molecule has 0 saturated heterocycles. The van der Waals surface area contributed by atoms with Crippen molar-refractivity contribution in [2.45, 2.75) is 13.2 Å². The summed E-state index contributed by atoms with van der Waals surface area (Å²) in [5.74, 6) is -0.446. The maximum absolute atomic E-state index is 10.9. The van der Waals surface area contributed by atoms with Gasteiger partial charge in [-0.3, -0.25) is 4.90 Å². The van der Waals surface area contributed by atoms with Gasteiger partial charge in [-0.25, -0.2) is 9.79 Å². The number of aliphatic imine (C=N–C) groups is 1. The molecule has 1 aliphatic heterocycles. The lowest BCUT2D eigenvalue weighted by molar-refractivity contribution is -0.727. The molecule has 2 N–H and O–H groups in total. The van der Waals surface area contributed by atoms with Gasteiger partial charge in [0.05, 0.1) is 6.20 Å². The minimum Gasteiger partial charge on any atom is -0.432 e. The number of hydrogen-bond acceptors (Lipinski definition) is 4. The van der Waals surface area contributed by atoms with E-state index in [4.69, 9.17) is 5.11 Å². The molecule has 1 rings (SSSR count).